The van der Waals surface area contributed by atoms with E-state index >= 15 is 0 Å². The zero-order chi connectivity index (χ0) is 19.2. The Bertz CT molecular complexity index is 891. The van der Waals surface area contributed by atoms with Crippen molar-refractivity contribution in [2.75, 3.05) is 13.1 Å². The van der Waals surface area contributed by atoms with E-state index in [2.05, 4.69) is 32.3 Å². The van der Waals surface area contributed by atoms with Crippen LogP contribution in [0.3, 0.4) is 0 Å². The average molecular weight is 393 g/mol. The van der Waals surface area contributed by atoms with Crippen molar-refractivity contribution >= 4 is 17.2 Å². The highest BCUT2D eigenvalue weighted by molar-refractivity contribution is 7.09. The minimum atomic E-state index is -0.279. The number of nitrogens with zero attached hydrogens (tertiary/aromatic N) is 3. The lowest BCUT2D eigenvalue weighted by molar-refractivity contribution is -0.126. The van der Waals surface area contributed by atoms with Crippen LogP contribution in [-0.2, 0) is 17.8 Å². The average Bonchev–Trinajstić information content (AvgIpc) is 3.41. The smallest absolute Gasteiger partial charge is 0.242 e. The molecule has 0 unspecified atom stereocenters. The number of likely N-dealkylation sites (tertiary alicyclic amines) is 1. The number of hydrogen-bond acceptors (Lipinski definition) is 5. The van der Waals surface area contributed by atoms with Crippen molar-refractivity contribution in [3.63, 3.8) is 0 Å². The summed E-state index contributed by atoms with van der Waals surface area (Å²) in [5.74, 6) is 0.0208. The van der Waals surface area contributed by atoms with Crippen molar-refractivity contribution in [3.05, 3.63) is 82.1 Å². The topological polar surface area (TPSA) is 58.1 Å². The Kier molecular flexibility index (Phi) is 6.09. The predicted molar refractivity (Wildman–Crippen MR) is 111 cm³/mol. The van der Waals surface area contributed by atoms with Crippen LogP contribution in [0.25, 0.3) is 0 Å². The van der Waals surface area contributed by atoms with Crippen molar-refractivity contribution < 1.29 is 4.79 Å². The van der Waals surface area contributed by atoms with Crippen LogP contribution in [0.5, 0.6) is 0 Å². The van der Waals surface area contributed by atoms with Crippen molar-refractivity contribution in [1.29, 1.82) is 0 Å². The zero-order valence-electron chi connectivity index (χ0n) is 15.8. The molecule has 0 spiro atoms. The summed E-state index contributed by atoms with van der Waals surface area (Å²) in [6.45, 7) is 2.35. The summed E-state index contributed by atoms with van der Waals surface area (Å²) in [6.07, 6.45) is 6.64. The molecule has 1 aliphatic heterocycles. The highest BCUT2D eigenvalue weighted by Crippen LogP contribution is 2.25. The van der Waals surface area contributed by atoms with E-state index in [-0.39, 0.29) is 11.9 Å². The van der Waals surface area contributed by atoms with E-state index in [0.29, 0.717) is 6.54 Å². The van der Waals surface area contributed by atoms with Crippen LogP contribution >= 0.6 is 11.3 Å². The number of thiazole rings is 1. The number of rotatable bonds is 7. The van der Waals surface area contributed by atoms with Gasteiger partial charge >= 0.3 is 0 Å². The summed E-state index contributed by atoms with van der Waals surface area (Å²) in [6, 6.07) is 13.9. The molecule has 1 N–H and O–H groups in total. The Labute approximate surface area is 169 Å². The first-order valence-electron chi connectivity index (χ1n) is 9.68. The SMILES string of the molecule is O=C(NCc1csc(Cc2ccccc2)n1)[C@@H](c1cccnc1)N1CCCC1. The fourth-order valence-electron chi connectivity index (χ4n) is 3.62. The number of nitrogens with one attached hydrogen (secondary N) is 1. The first-order valence-corrected chi connectivity index (χ1v) is 10.6. The third-order valence-corrected chi connectivity index (χ3v) is 5.89. The van der Waals surface area contributed by atoms with Gasteiger partial charge in [-0.2, -0.15) is 0 Å². The normalized spacial score (nSPS) is 15.4. The number of aromatic nitrogens is 2. The molecule has 2 aromatic heterocycles. The minimum Gasteiger partial charge on any atom is -0.349 e. The lowest BCUT2D eigenvalue weighted by Crippen LogP contribution is -2.39. The van der Waals surface area contributed by atoms with Crippen molar-refractivity contribution in [3.8, 4) is 0 Å². The molecular weight excluding hydrogens is 368 g/mol. The molecule has 1 aliphatic rings. The third-order valence-electron chi connectivity index (χ3n) is 5.00. The van der Waals surface area contributed by atoms with E-state index in [1.807, 2.05) is 35.7 Å². The van der Waals surface area contributed by atoms with Gasteiger partial charge in [0.05, 0.1) is 17.2 Å². The summed E-state index contributed by atoms with van der Waals surface area (Å²) in [5, 5.41) is 6.19. The first kappa shape index (κ1) is 18.8. The number of carbonyl (C=O) groups excluding carboxylic acids is 1. The Hall–Kier alpha value is -2.57. The fourth-order valence-corrected chi connectivity index (χ4v) is 4.45. The molecule has 6 heteroatoms. The standard InChI is InChI=1S/C22H24N4OS/c27-22(21(26-11-4-5-12-26)18-9-6-10-23-14-18)24-15-19-16-28-20(25-19)13-17-7-2-1-3-8-17/h1-3,6-10,14,16,21H,4-5,11-13,15H2,(H,24,27)/t21-/m1/s1. The molecule has 0 aliphatic carbocycles. The maximum atomic E-state index is 13.0. The molecule has 0 saturated carbocycles. The fraction of sp³-hybridized carbons (Fsp3) is 0.318. The molecule has 1 saturated heterocycles. The predicted octanol–water partition coefficient (Wildman–Crippen LogP) is 3.58. The van der Waals surface area contributed by atoms with Crippen molar-refractivity contribution in [2.24, 2.45) is 0 Å². The first-order chi connectivity index (χ1) is 13.8. The lowest BCUT2D eigenvalue weighted by Gasteiger charge is -2.26. The van der Waals surface area contributed by atoms with Gasteiger partial charge in [-0.05, 0) is 43.1 Å². The minimum absolute atomic E-state index is 0.0208. The second-order valence-corrected chi connectivity index (χ2v) is 7.99. The van der Waals surface area contributed by atoms with Gasteiger partial charge in [0.2, 0.25) is 5.91 Å². The number of hydrogen-bond donors (Lipinski definition) is 1. The number of pyridine rings is 1. The van der Waals surface area contributed by atoms with Crippen LogP contribution in [0.15, 0.2) is 60.2 Å². The van der Waals surface area contributed by atoms with Gasteiger partial charge in [0.1, 0.15) is 6.04 Å². The van der Waals surface area contributed by atoms with Crippen LogP contribution in [0.2, 0.25) is 0 Å². The van der Waals surface area contributed by atoms with Crippen molar-refractivity contribution in [2.45, 2.75) is 31.8 Å². The van der Waals surface area contributed by atoms with E-state index in [9.17, 15) is 4.79 Å². The molecule has 5 nitrogen and oxygen atoms in total. The number of benzene rings is 1. The second-order valence-electron chi connectivity index (χ2n) is 7.04. The van der Waals surface area contributed by atoms with E-state index in [1.54, 1.807) is 23.7 Å². The lowest BCUT2D eigenvalue weighted by atomic mass is 10.1. The molecule has 1 atom stereocenters. The van der Waals surface area contributed by atoms with Crippen LogP contribution in [0.1, 0.15) is 40.7 Å². The van der Waals surface area contributed by atoms with Gasteiger partial charge in [-0.3, -0.25) is 14.7 Å². The van der Waals surface area contributed by atoms with E-state index in [1.165, 1.54) is 5.56 Å². The summed E-state index contributed by atoms with van der Waals surface area (Å²) in [5.41, 5.74) is 3.11. The Balaban J connectivity index is 1.40. The maximum Gasteiger partial charge on any atom is 0.242 e. The molecule has 0 radical (unpaired) electrons. The van der Waals surface area contributed by atoms with Gasteiger partial charge in [0.15, 0.2) is 0 Å². The van der Waals surface area contributed by atoms with Crippen LogP contribution in [0.4, 0.5) is 0 Å². The molecule has 3 aromatic rings. The third kappa shape index (κ3) is 4.64. The van der Waals surface area contributed by atoms with Gasteiger partial charge in [-0.1, -0.05) is 36.4 Å². The second kappa shape index (κ2) is 9.08. The van der Waals surface area contributed by atoms with Gasteiger partial charge in [-0.15, -0.1) is 11.3 Å². The molecule has 4 rings (SSSR count). The zero-order valence-corrected chi connectivity index (χ0v) is 16.6. The molecular formula is C22H24N4OS. The Morgan fingerprint density at radius 3 is 2.71 bits per heavy atom. The molecule has 0 bridgehead atoms. The molecule has 1 fully saturated rings. The van der Waals surface area contributed by atoms with E-state index in [4.69, 9.17) is 0 Å². The summed E-state index contributed by atoms with van der Waals surface area (Å²) in [7, 11) is 0. The highest BCUT2D eigenvalue weighted by Gasteiger charge is 2.29. The number of carbonyl (C=O) groups is 1. The highest BCUT2D eigenvalue weighted by atomic mass is 32.1. The van der Waals surface area contributed by atoms with Crippen LogP contribution in [0, 0.1) is 0 Å². The van der Waals surface area contributed by atoms with Crippen molar-refractivity contribution in [1.82, 2.24) is 20.2 Å². The van der Waals surface area contributed by atoms with Crippen LogP contribution < -0.4 is 5.32 Å². The Morgan fingerprint density at radius 2 is 1.96 bits per heavy atom. The summed E-state index contributed by atoms with van der Waals surface area (Å²) in [4.78, 5) is 24.1. The van der Waals surface area contributed by atoms with Crippen LogP contribution in [-0.4, -0.2) is 33.9 Å². The van der Waals surface area contributed by atoms with Gasteiger partial charge in [-0.25, -0.2) is 4.98 Å². The maximum absolute atomic E-state index is 13.0. The van der Waals surface area contributed by atoms with Gasteiger partial charge in [0, 0.05) is 24.2 Å². The Morgan fingerprint density at radius 1 is 1.14 bits per heavy atom. The van der Waals surface area contributed by atoms with E-state index in [0.717, 1.165) is 48.6 Å². The largest absolute Gasteiger partial charge is 0.349 e. The summed E-state index contributed by atoms with van der Waals surface area (Å²) < 4.78 is 0. The molecule has 1 amide bonds. The molecule has 28 heavy (non-hydrogen) atoms. The van der Waals surface area contributed by atoms with Gasteiger partial charge < -0.3 is 5.32 Å². The van der Waals surface area contributed by atoms with Gasteiger partial charge in [0.25, 0.3) is 0 Å². The monoisotopic (exact) mass is 392 g/mol. The molecule has 1 aromatic carbocycles. The van der Waals surface area contributed by atoms with E-state index < -0.39 is 0 Å². The number of amides is 1. The molecule has 3 heterocycles. The summed E-state index contributed by atoms with van der Waals surface area (Å²) >= 11 is 1.64. The molecule has 144 valence electrons. The quantitative estimate of drug-likeness (QED) is 0.668.